The van der Waals surface area contributed by atoms with Crippen molar-refractivity contribution in [2.45, 2.75) is 25.3 Å². The number of halogens is 2. The zero-order valence-corrected chi connectivity index (χ0v) is 13.5. The molecule has 1 atom stereocenters. The lowest BCUT2D eigenvalue weighted by molar-refractivity contribution is -0.124. The lowest BCUT2D eigenvalue weighted by Gasteiger charge is -2.26. The van der Waals surface area contributed by atoms with Gasteiger partial charge in [0.1, 0.15) is 0 Å². The molecule has 2 rings (SSSR count). The Balaban J connectivity index is 0.00000200. The highest BCUT2D eigenvalue weighted by Gasteiger charge is 2.26. The number of aromatic nitrogens is 1. The van der Waals surface area contributed by atoms with E-state index in [2.05, 4.69) is 10.3 Å². The van der Waals surface area contributed by atoms with Crippen LogP contribution in [-0.4, -0.2) is 36.7 Å². The van der Waals surface area contributed by atoms with Crippen molar-refractivity contribution < 1.29 is 9.53 Å². The quantitative estimate of drug-likeness (QED) is 0.851. The maximum absolute atomic E-state index is 11.9. The summed E-state index contributed by atoms with van der Waals surface area (Å²) in [6, 6.07) is 5.35. The van der Waals surface area contributed by atoms with E-state index >= 15 is 0 Å². The molecule has 1 aromatic rings. The molecule has 0 spiro atoms. The Morgan fingerprint density at radius 3 is 2.71 bits per heavy atom. The van der Waals surface area contributed by atoms with Crippen molar-refractivity contribution in [1.82, 2.24) is 10.3 Å². The molecule has 1 aromatic heterocycles. The van der Waals surface area contributed by atoms with Crippen molar-refractivity contribution in [3.63, 3.8) is 0 Å². The van der Waals surface area contributed by atoms with Crippen LogP contribution >= 0.6 is 24.8 Å². The van der Waals surface area contributed by atoms with Gasteiger partial charge in [0.25, 0.3) is 0 Å². The monoisotopic (exact) mass is 335 g/mol. The number of amides is 1. The predicted molar refractivity (Wildman–Crippen MR) is 87.0 cm³/mol. The minimum atomic E-state index is -0.423. The third kappa shape index (κ3) is 6.61. The number of carbonyl (C=O) groups is 1. The van der Waals surface area contributed by atoms with Gasteiger partial charge in [0.15, 0.2) is 0 Å². The topological polar surface area (TPSA) is 77.2 Å². The number of nitrogens with zero attached hydrogens (tertiary/aromatic N) is 1. The molecule has 0 aliphatic carbocycles. The van der Waals surface area contributed by atoms with E-state index in [-0.39, 0.29) is 36.6 Å². The van der Waals surface area contributed by atoms with E-state index < -0.39 is 6.04 Å². The van der Waals surface area contributed by atoms with Crippen molar-refractivity contribution in [2.24, 2.45) is 11.7 Å². The standard InChI is InChI=1S/C14H21N3O2.2ClH/c15-13(11-5-9-19-10-6-11)14(18)17-8-4-12-3-1-2-7-16-12;;/h1-3,7,11,13H,4-6,8-10,15H2,(H,17,18);2*1H. The lowest BCUT2D eigenvalue weighted by Crippen LogP contribution is -2.47. The number of ether oxygens (including phenoxy) is 1. The first kappa shape index (κ1) is 20.1. The van der Waals surface area contributed by atoms with Gasteiger partial charge in [-0.3, -0.25) is 9.78 Å². The number of nitrogens with two attached hydrogens (primary N) is 1. The maximum atomic E-state index is 11.9. The zero-order valence-electron chi connectivity index (χ0n) is 11.9. The molecule has 120 valence electrons. The highest BCUT2D eigenvalue weighted by Crippen LogP contribution is 2.17. The van der Waals surface area contributed by atoms with E-state index in [4.69, 9.17) is 10.5 Å². The van der Waals surface area contributed by atoms with Crippen LogP contribution < -0.4 is 11.1 Å². The summed E-state index contributed by atoms with van der Waals surface area (Å²) in [5, 5.41) is 2.88. The molecule has 0 saturated carbocycles. The molecule has 5 nitrogen and oxygen atoms in total. The van der Waals surface area contributed by atoms with Crippen LogP contribution in [0.2, 0.25) is 0 Å². The molecule has 0 radical (unpaired) electrons. The normalized spacial score (nSPS) is 16.2. The summed E-state index contributed by atoms with van der Waals surface area (Å²) in [6.07, 6.45) is 4.22. The number of pyridine rings is 1. The minimum absolute atomic E-state index is 0. The molecular weight excluding hydrogens is 313 g/mol. The van der Waals surface area contributed by atoms with Gasteiger partial charge in [-0.2, -0.15) is 0 Å². The van der Waals surface area contributed by atoms with Crippen LogP contribution in [0.15, 0.2) is 24.4 Å². The molecule has 1 amide bonds. The van der Waals surface area contributed by atoms with Crippen molar-refractivity contribution in [1.29, 1.82) is 0 Å². The van der Waals surface area contributed by atoms with E-state index in [1.54, 1.807) is 6.20 Å². The largest absolute Gasteiger partial charge is 0.381 e. The van der Waals surface area contributed by atoms with Gasteiger partial charge in [-0.05, 0) is 30.9 Å². The average molecular weight is 336 g/mol. The maximum Gasteiger partial charge on any atom is 0.237 e. The van der Waals surface area contributed by atoms with Gasteiger partial charge >= 0.3 is 0 Å². The first-order valence-corrected chi connectivity index (χ1v) is 6.78. The molecule has 3 N–H and O–H groups in total. The van der Waals surface area contributed by atoms with E-state index in [0.29, 0.717) is 19.8 Å². The fourth-order valence-electron chi connectivity index (χ4n) is 2.27. The van der Waals surface area contributed by atoms with Crippen LogP contribution in [0.3, 0.4) is 0 Å². The highest BCUT2D eigenvalue weighted by atomic mass is 35.5. The summed E-state index contributed by atoms with van der Waals surface area (Å²) >= 11 is 0. The average Bonchev–Trinajstić information content (AvgIpc) is 2.48. The molecule has 21 heavy (non-hydrogen) atoms. The molecule has 1 saturated heterocycles. The van der Waals surface area contributed by atoms with E-state index in [1.807, 2.05) is 18.2 Å². The first-order valence-electron chi connectivity index (χ1n) is 6.78. The molecule has 7 heteroatoms. The van der Waals surface area contributed by atoms with Crippen molar-refractivity contribution in [3.05, 3.63) is 30.1 Å². The second kappa shape index (κ2) is 10.8. The molecule has 2 heterocycles. The Labute approximate surface area is 137 Å². The van der Waals surface area contributed by atoms with Gasteiger partial charge < -0.3 is 15.8 Å². The van der Waals surface area contributed by atoms with Gasteiger partial charge in [0, 0.05) is 38.1 Å². The number of hydrogen-bond donors (Lipinski definition) is 2. The number of hydrogen-bond acceptors (Lipinski definition) is 4. The minimum Gasteiger partial charge on any atom is -0.381 e. The van der Waals surface area contributed by atoms with Crippen LogP contribution in [0, 0.1) is 5.92 Å². The van der Waals surface area contributed by atoms with Gasteiger partial charge in [0.2, 0.25) is 5.91 Å². The summed E-state index contributed by atoms with van der Waals surface area (Å²) in [5.41, 5.74) is 6.96. The molecular formula is C14H23Cl2N3O2. The fraction of sp³-hybridized carbons (Fsp3) is 0.571. The van der Waals surface area contributed by atoms with Gasteiger partial charge in [-0.15, -0.1) is 24.8 Å². The lowest BCUT2D eigenvalue weighted by atomic mass is 9.92. The first-order chi connectivity index (χ1) is 9.27. The van der Waals surface area contributed by atoms with Crippen molar-refractivity contribution >= 4 is 30.7 Å². The Hall–Kier alpha value is -0.880. The third-order valence-corrected chi connectivity index (χ3v) is 3.48. The Bertz CT molecular complexity index is 400. The Kier molecular flexibility index (Phi) is 10.3. The summed E-state index contributed by atoms with van der Waals surface area (Å²) in [4.78, 5) is 16.1. The SMILES string of the molecule is Cl.Cl.NC(C(=O)NCCc1ccccn1)C1CCOCC1. The molecule has 1 aliphatic rings. The summed E-state index contributed by atoms with van der Waals surface area (Å²) in [6.45, 7) is 1.99. The van der Waals surface area contributed by atoms with E-state index in [1.165, 1.54) is 0 Å². The van der Waals surface area contributed by atoms with Gasteiger partial charge in [-0.25, -0.2) is 0 Å². The second-order valence-electron chi connectivity index (χ2n) is 4.84. The molecule has 0 bridgehead atoms. The summed E-state index contributed by atoms with van der Waals surface area (Å²) in [5.74, 6) is 0.173. The zero-order chi connectivity index (χ0) is 13.5. The smallest absolute Gasteiger partial charge is 0.237 e. The fourth-order valence-corrected chi connectivity index (χ4v) is 2.27. The second-order valence-corrected chi connectivity index (χ2v) is 4.84. The molecule has 0 aromatic carbocycles. The predicted octanol–water partition coefficient (Wildman–Crippen LogP) is 1.34. The van der Waals surface area contributed by atoms with E-state index in [9.17, 15) is 4.79 Å². The van der Waals surface area contributed by atoms with Crippen LogP contribution in [0.25, 0.3) is 0 Å². The van der Waals surface area contributed by atoms with Crippen LogP contribution in [0.5, 0.6) is 0 Å². The molecule has 1 fully saturated rings. The van der Waals surface area contributed by atoms with E-state index in [0.717, 1.165) is 25.0 Å². The summed E-state index contributed by atoms with van der Waals surface area (Å²) in [7, 11) is 0. The van der Waals surface area contributed by atoms with Crippen LogP contribution in [-0.2, 0) is 16.0 Å². The van der Waals surface area contributed by atoms with Crippen molar-refractivity contribution in [3.8, 4) is 0 Å². The molecule has 1 aliphatic heterocycles. The Morgan fingerprint density at radius 2 is 2.10 bits per heavy atom. The highest BCUT2D eigenvalue weighted by molar-refractivity contribution is 5.85. The van der Waals surface area contributed by atoms with Gasteiger partial charge in [-0.1, -0.05) is 6.07 Å². The molecule has 1 unspecified atom stereocenters. The third-order valence-electron chi connectivity index (χ3n) is 3.48. The van der Waals surface area contributed by atoms with Gasteiger partial charge in [0.05, 0.1) is 6.04 Å². The number of rotatable bonds is 5. The van der Waals surface area contributed by atoms with Crippen LogP contribution in [0.4, 0.5) is 0 Å². The number of carbonyl (C=O) groups excluding carboxylic acids is 1. The number of nitrogens with one attached hydrogen (secondary N) is 1. The van der Waals surface area contributed by atoms with Crippen LogP contribution in [0.1, 0.15) is 18.5 Å². The summed E-state index contributed by atoms with van der Waals surface area (Å²) < 4.78 is 5.27. The Morgan fingerprint density at radius 1 is 1.38 bits per heavy atom. The van der Waals surface area contributed by atoms with Crippen molar-refractivity contribution in [2.75, 3.05) is 19.8 Å².